The highest BCUT2D eigenvalue weighted by Crippen LogP contribution is 2.37. The quantitative estimate of drug-likeness (QED) is 0.782. The predicted molar refractivity (Wildman–Crippen MR) is 78.1 cm³/mol. The number of fused-ring (bicyclic) bond motifs is 1. The van der Waals surface area contributed by atoms with Crippen molar-refractivity contribution in [3.05, 3.63) is 0 Å². The molecule has 0 radical (unpaired) electrons. The third-order valence-electron chi connectivity index (χ3n) is 3.32. The number of carbonyl (C=O) groups excluding carboxylic acids is 1. The molecule has 2 aliphatic heterocycles. The van der Waals surface area contributed by atoms with E-state index in [9.17, 15) is 13.2 Å². The highest BCUT2D eigenvalue weighted by Gasteiger charge is 2.48. The van der Waals surface area contributed by atoms with Crippen molar-refractivity contribution in [2.75, 3.05) is 18.1 Å². The Bertz CT molecular complexity index is 499. The molecule has 0 aliphatic carbocycles. The normalized spacial score (nSPS) is 31.2. The molecule has 2 aliphatic rings. The molecule has 2 saturated heterocycles. The van der Waals surface area contributed by atoms with Crippen molar-refractivity contribution in [2.24, 2.45) is 10.9 Å². The molecule has 0 aromatic carbocycles. The highest BCUT2D eigenvalue weighted by molar-refractivity contribution is 8.15. The van der Waals surface area contributed by atoms with Gasteiger partial charge in [0.05, 0.1) is 17.5 Å². The number of rotatable bonds is 3. The molecular formula is C12H20N2O3S2. The topological polar surface area (TPSA) is 66.8 Å². The second-order valence-corrected chi connectivity index (χ2v) is 8.83. The Morgan fingerprint density at radius 1 is 1.47 bits per heavy atom. The first kappa shape index (κ1) is 14.8. The molecule has 108 valence electrons. The maximum atomic E-state index is 11.8. The Kier molecular flexibility index (Phi) is 4.25. The summed E-state index contributed by atoms with van der Waals surface area (Å²) < 4.78 is 23.3. The first-order valence-corrected chi connectivity index (χ1v) is 9.27. The lowest BCUT2D eigenvalue weighted by molar-refractivity contribution is -0.118. The summed E-state index contributed by atoms with van der Waals surface area (Å²) in [7, 11) is -2.92. The smallest absolute Gasteiger partial charge is 0.248 e. The van der Waals surface area contributed by atoms with Gasteiger partial charge in [0, 0.05) is 18.2 Å². The number of sulfone groups is 1. The summed E-state index contributed by atoms with van der Waals surface area (Å²) in [6.07, 6.45) is 0.440. The minimum absolute atomic E-state index is 0.00870. The molecule has 0 N–H and O–H groups in total. The van der Waals surface area contributed by atoms with Gasteiger partial charge in [-0.15, -0.1) is 0 Å². The van der Waals surface area contributed by atoms with Gasteiger partial charge in [0.2, 0.25) is 5.91 Å². The standard InChI is InChI=1S/C12H20N2O3S2/c1-4-14-9-6-19(16,17)7-10(9)18-12(14)13-11(15)5-8(2)3/h8-10H,4-7H2,1-3H3/t9-,10-/m1/s1. The number of amides is 1. The van der Waals surface area contributed by atoms with E-state index >= 15 is 0 Å². The average molecular weight is 304 g/mol. The fourth-order valence-electron chi connectivity index (χ4n) is 2.51. The minimum Gasteiger partial charge on any atom is -0.346 e. The number of hydrogen-bond donors (Lipinski definition) is 0. The molecule has 0 aromatic rings. The van der Waals surface area contributed by atoms with Crippen LogP contribution in [0, 0.1) is 5.92 Å². The first-order chi connectivity index (χ1) is 8.82. The Morgan fingerprint density at radius 3 is 2.74 bits per heavy atom. The highest BCUT2D eigenvalue weighted by atomic mass is 32.2. The van der Waals surface area contributed by atoms with Gasteiger partial charge in [-0.25, -0.2) is 8.42 Å². The largest absolute Gasteiger partial charge is 0.346 e. The van der Waals surface area contributed by atoms with Gasteiger partial charge < -0.3 is 4.90 Å². The summed E-state index contributed by atoms with van der Waals surface area (Å²) in [5.41, 5.74) is 0. The first-order valence-electron chi connectivity index (χ1n) is 6.57. The van der Waals surface area contributed by atoms with Gasteiger partial charge in [0.15, 0.2) is 15.0 Å². The monoisotopic (exact) mass is 304 g/mol. The van der Waals surface area contributed by atoms with Crippen molar-refractivity contribution < 1.29 is 13.2 Å². The van der Waals surface area contributed by atoms with E-state index in [0.29, 0.717) is 24.1 Å². The van der Waals surface area contributed by atoms with Crippen LogP contribution in [0.25, 0.3) is 0 Å². The van der Waals surface area contributed by atoms with Crippen LogP contribution in [0.15, 0.2) is 4.99 Å². The van der Waals surface area contributed by atoms with Crippen LogP contribution in [0.3, 0.4) is 0 Å². The number of hydrogen-bond acceptors (Lipinski definition) is 4. The maximum Gasteiger partial charge on any atom is 0.248 e. The van der Waals surface area contributed by atoms with Crippen LogP contribution in [0.2, 0.25) is 0 Å². The summed E-state index contributed by atoms with van der Waals surface area (Å²) in [4.78, 5) is 17.9. The summed E-state index contributed by atoms with van der Waals surface area (Å²) in [5, 5.41) is 0.744. The zero-order valence-electron chi connectivity index (χ0n) is 11.5. The van der Waals surface area contributed by atoms with Gasteiger partial charge in [-0.3, -0.25) is 4.79 Å². The van der Waals surface area contributed by atoms with Crippen LogP contribution in [-0.4, -0.2) is 53.7 Å². The second kappa shape index (κ2) is 5.44. The molecule has 0 saturated carbocycles. The van der Waals surface area contributed by atoms with Crippen molar-refractivity contribution >= 4 is 32.7 Å². The van der Waals surface area contributed by atoms with Gasteiger partial charge >= 0.3 is 0 Å². The molecule has 2 atom stereocenters. The lowest BCUT2D eigenvalue weighted by atomic mass is 10.1. The Morgan fingerprint density at radius 2 is 2.16 bits per heavy atom. The molecule has 0 spiro atoms. The van der Waals surface area contributed by atoms with Crippen molar-refractivity contribution in [2.45, 2.75) is 38.5 Å². The van der Waals surface area contributed by atoms with Crippen LogP contribution in [0.1, 0.15) is 27.2 Å². The lowest BCUT2D eigenvalue weighted by Crippen LogP contribution is -2.37. The molecule has 5 nitrogen and oxygen atoms in total. The van der Waals surface area contributed by atoms with E-state index in [0.717, 1.165) is 0 Å². The number of aliphatic imine (C=N–C) groups is 1. The van der Waals surface area contributed by atoms with Gasteiger partial charge in [-0.05, 0) is 12.8 Å². The minimum atomic E-state index is -2.92. The third-order valence-corrected chi connectivity index (χ3v) is 6.57. The Hall–Kier alpha value is -0.560. The zero-order valence-corrected chi connectivity index (χ0v) is 13.1. The number of thioether (sulfide) groups is 1. The Labute approximate surface area is 118 Å². The van der Waals surface area contributed by atoms with Gasteiger partial charge in [0.1, 0.15) is 0 Å². The molecular weight excluding hydrogens is 284 g/mol. The van der Waals surface area contributed by atoms with Crippen LogP contribution < -0.4 is 0 Å². The second-order valence-electron chi connectivity index (χ2n) is 5.47. The fourth-order valence-corrected chi connectivity index (χ4v) is 6.54. The van der Waals surface area contributed by atoms with E-state index in [-0.39, 0.29) is 28.7 Å². The molecule has 2 fully saturated rings. The summed E-state index contributed by atoms with van der Waals surface area (Å²) in [5.74, 6) is 0.573. The van der Waals surface area contributed by atoms with E-state index < -0.39 is 9.84 Å². The van der Waals surface area contributed by atoms with Crippen LogP contribution >= 0.6 is 11.8 Å². The van der Waals surface area contributed by atoms with E-state index in [1.807, 2.05) is 25.7 Å². The maximum absolute atomic E-state index is 11.8. The van der Waals surface area contributed by atoms with E-state index in [1.165, 1.54) is 11.8 Å². The average Bonchev–Trinajstić information content (AvgIpc) is 2.67. The van der Waals surface area contributed by atoms with Crippen molar-refractivity contribution in [3.63, 3.8) is 0 Å². The lowest BCUT2D eigenvalue weighted by Gasteiger charge is -2.22. The SMILES string of the molecule is CCN1C(=NC(=O)CC(C)C)S[C@@H]2CS(=O)(=O)C[C@H]21. The van der Waals surface area contributed by atoms with Crippen molar-refractivity contribution in [1.29, 1.82) is 0 Å². The molecule has 0 aromatic heterocycles. The number of nitrogens with zero attached hydrogens (tertiary/aromatic N) is 2. The molecule has 7 heteroatoms. The summed E-state index contributed by atoms with van der Waals surface area (Å²) >= 11 is 1.45. The molecule has 0 unspecified atom stereocenters. The van der Waals surface area contributed by atoms with Crippen LogP contribution in [0.5, 0.6) is 0 Å². The van der Waals surface area contributed by atoms with Crippen molar-refractivity contribution in [1.82, 2.24) is 4.90 Å². The van der Waals surface area contributed by atoms with E-state index in [4.69, 9.17) is 0 Å². The molecule has 2 rings (SSSR count). The van der Waals surface area contributed by atoms with Crippen molar-refractivity contribution in [3.8, 4) is 0 Å². The summed E-state index contributed by atoms with van der Waals surface area (Å²) in [6.45, 7) is 6.63. The fraction of sp³-hybridized carbons (Fsp3) is 0.833. The molecule has 19 heavy (non-hydrogen) atoms. The van der Waals surface area contributed by atoms with Gasteiger partial charge in [-0.2, -0.15) is 4.99 Å². The van der Waals surface area contributed by atoms with Crippen LogP contribution in [-0.2, 0) is 14.6 Å². The summed E-state index contributed by atoms with van der Waals surface area (Å²) in [6, 6.07) is -0.00870. The number of carbonyl (C=O) groups is 1. The third kappa shape index (κ3) is 3.31. The van der Waals surface area contributed by atoms with Gasteiger partial charge in [0.25, 0.3) is 0 Å². The van der Waals surface area contributed by atoms with E-state index in [2.05, 4.69) is 4.99 Å². The predicted octanol–water partition coefficient (Wildman–Crippen LogP) is 1.15. The molecule has 1 amide bonds. The molecule has 0 bridgehead atoms. The van der Waals surface area contributed by atoms with Gasteiger partial charge in [-0.1, -0.05) is 25.6 Å². The molecule has 2 heterocycles. The zero-order chi connectivity index (χ0) is 14.2. The van der Waals surface area contributed by atoms with E-state index in [1.54, 1.807) is 0 Å². The number of amidine groups is 1. The Balaban J connectivity index is 2.13. The van der Waals surface area contributed by atoms with Crippen LogP contribution in [0.4, 0.5) is 0 Å².